The molecule has 0 saturated heterocycles. The van der Waals surface area contributed by atoms with Gasteiger partial charge in [0, 0.05) is 76.5 Å². The number of phosphoric acid groups is 1. The third-order valence-corrected chi connectivity index (χ3v) is 11.0. The Kier molecular flexibility index (Phi) is 152. The molecule has 0 spiro atoms. The Morgan fingerprint density at radius 1 is 0.326 bits per heavy atom. The van der Waals surface area contributed by atoms with Crippen LogP contribution in [0.2, 0.25) is 0 Å². The summed E-state index contributed by atoms with van der Waals surface area (Å²) in [4.78, 5) is 150. The van der Waals surface area contributed by atoms with Gasteiger partial charge < -0.3 is 195 Å². The average molecular weight is 1590 g/mol. The molecule has 0 aromatic rings. The van der Waals surface area contributed by atoms with Crippen molar-refractivity contribution in [3.63, 3.8) is 0 Å². The van der Waals surface area contributed by atoms with Crippen LogP contribution in [0.15, 0.2) is 0 Å². The zero-order valence-corrected chi connectivity index (χ0v) is 77.4. The smallest absolute Gasteiger partial charge is 1.00 e. The van der Waals surface area contributed by atoms with Crippen LogP contribution in [0.5, 0.6) is 0 Å². The van der Waals surface area contributed by atoms with Gasteiger partial charge in [-0.15, -0.1) is 18.9 Å². The van der Waals surface area contributed by atoms with Gasteiger partial charge in [0.25, 0.3) is 7.82 Å². The summed E-state index contributed by atoms with van der Waals surface area (Å²) in [5.74, 6) is 0. The van der Waals surface area contributed by atoms with Crippen molar-refractivity contribution in [3.05, 3.63) is 0 Å². The number of phosphoric ester groups is 1. The Bertz CT molecular complexity index is 1430. The minimum absolute atomic E-state index is 0. The van der Waals surface area contributed by atoms with E-state index in [2.05, 4.69) is 80.3 Å². The van der Waals surface area contributed by atoms with Gasteiger partial charge in [-0.2, -0.15) is 22.7 Å². The number of aliphatic hydroxyl groups is 8. The molecule has 0 aliphatic heterocycles. The van der Waals surface area contributed by atoms with Crippen molar-refractivity contribution in [2.45, 2.75) is 85.4 Å². The Balaban J connectivity index is -0.0000000268. The molecule has 53 heteroatoms. The third-order valence-electron chi connectivity index (χ3n) is 5.82. The fourth-order valence-electron chi connectivity index (χ4n) is 2.13. The SMILES string of the molecule is C=P([O-])(O)OCC.C=P([O-])(O)OCC.C=P([O-])(O)OCC.C=P([O-])(O)OCC.C=P([O-])([O-])OCC.C=P([O-])([O-])OCC.C=P([O-])([O-])OCC.CCC(N)(CO)CO.CCOP(=O)([O-])O.N.N.N.NC(CO)(CO)CO.NC(CO)(CO)CO.[H-].[H-].[H-].[K+].[K+].[K+].[Na+].[Na+].[Na+]. The molecule has 0 bridgehead atoms. The zero-order chi connectivity index (χ0) is 67.2. The summed E-state index contributed by atoms with van der Waals surface area (Å²) in [6, 6.07) is 0. The number of hydrogen-bond acceptors (Lipinski definition) is 38. The monoisotopic (exact) mass is 1580 g/mol. The van der Waals surface area contributed by atoms with E-state index in [4.69, 9.17) is 82.5 Å². The molecule has 5 atom stereocenters. The molecule has 532 valence electrons. The molecule has 89 heavy (non-hydrogen) atoms. The molecule has 0 saturated carbocycles. The normalized spacial score (nSPS) is 13.4. The molecule has 0 aromatic heterocycles. The average Bonchev–Trinajstić information content (AvgIpc) is 3.27. The molecule has 0 radical (unpaired) electrons. The quantitative estimate of drug-likeness (QED) is 0.0298. The van der Waals surface area contributed by atoms with E-state index in [0.29, 0.717) is 6.42 Å². The molecule has 0 amide bonds. The Morgan fingerprint density at radius 2 is 0.449 bits per heavy atom. The summed E-state index contributed by atoms with van der Waals surface area (Å²) in [6.07, 6.45) is 20.2. The van der Waals surface area contributed by atoms with Gasteiger partial charge in [-0.25, -0.2) is 0 Å². The topological polar surface area (TPSA) is 791 Å². The van der Waals surface area contributed by atoms with Crippen molar-refractivity contribution in [1.29, 1.82) is 0 Å². The molecular weight excluding hydrogens is 1480 g/mol. The van der Waals surface area contributed by atoms with Gasteiger partial charge in [0.1, 0.15) is 0 Å². The van der Waals surface area contributed by atoms with E-state index in [1.165, 1.54) is 6.92 Å². The molecule has 0 aromatic carbocycles. The van der Waals surface area contributed by atoms with Crippen LogP contribution in [0.4, 0.5) is 0 Å². The van der Waals surface area contributed by atoms with Gasteiger partial charge in [0.2, 0.25) is 0 Å². The van der Waals surface area contributed by atoms with E-state index in [1.54, 1.807) is 48.5 Å². The van der Waals surface area contributed by atoms with E-state index in [-0.39, 0.29) is 332 Å². The van der Waals surface area contributed by atoms with Crippen LogP contribution in [0.3, 0.4) is 0 Å². The fraction of sp³-hybridized carbons (Fsp3) is 0.806. The van der Waals surface area contributed by atoms with Crippen LogP contribution in [-0.4, -0.2) is 232 Å². The summed E-state index contributed by atoms with van der Waals surface area (Å²) < 4.78 is 42.6. The summed E-state index contributed by atoms with van der Waals surface area (Å²) in [5.41, 5.74) is 12.5. The van der Waals surface area contributed by atoms with Crippen molar-refractivity contribution in [2.24, 2.45) is 17.2 Å². The maximum absolute atomic E-state index is 10.0. The second kappa shape index (κ2) is 89.1. The van der Waals surface area contributed by atoms with Crippen molar-refractivity contribution >= 4 is 105 Å². The molecule has 39 nitrogen and oxygen atoms in total. The van der Waals surface area contributed by atoms with E-state index in [1.807, 2.05) is 6.92 Å². The molecule has 28 N–H and O–H groups in total. The Morgan fingerprint density at radius 3 is 0.449 bits per heavy atom. The predicted octanol–water partition coefficient (Wildman–Crippen LogP) is -28.2. The van der Waals surface area contributed by atoms with Crippen LogP contribution < -0.4 is 332 Å². The molecule has 5 unspecified atom stereocenters. The summed E-state index contributed by atoms with van der Waals surface area (Å²) in [5, 5.41) is 67.0. The third kappa shape index (κ3) is 189. The molecule has 0 aliphatic carbocycles. The number of aliphatic hydroxyl groups excluding tert-OH is 8. The van der Waals surface area contributed by atoms with Gasteiger partial charge in [-0.3, -0.25) is 4.57 Å². The van der Waals surface area contributed by atoms with Gasteiger partial charge in [0.05, 0.1) is 76.1 Å². The predicted molar refractivity (Wildman–Crippen MR) is 316 cm³/mol. The zero-order valence-electron chi connectivity index (χ0n) is 57.9. The van der Waals surface area contributed by atoms with Crippen LogP contribution >= 0.6 is 60.8 Å². The largest absolute Gasteiger partial charge is 1.00 e. The standard InChI is InChI=1S/C5H13NO2.2C4H11NO3.4C3H8O3P.3C3H7O3P.C2H7O4P.3K.3H3N.3Na.3H/c1-2-5(6,3-7)4-8;2*5-4(1-6,2-7)3-8;7*1-3-6-7(2,4)5;1-2-6-7(3,4)5;;;;;;;;;;;;/h7-8H,2-4,6H2,1H3;2*6-8H,1-3,5H2;4*2-3H2,1H3,(H-,4,5);3*2-3H2,1H3;2H2,1H3,(H2,3,4,5);;;;3*1H3;;;;;;/q;;;4*-1;3*-2;;3*+1;;;;3*+1;3*-1/p-1. The van der Waals surface area contributed by atoms with Crippen molar-refractivity contribution in [2.75, 3.05) is 106 Å². The first-order chi connectivity index (χ1) is 35.5. The first-order valence-corrected chi connectivity index (χ1v) is 35.8. The van der Waals surface area contributed by atoms with Crippen LogP contribution in [0.25, 0.3) is 0 Å². The van der Waals surface area contributed by atoms with Gasteiger partial charge >= 0.3 is 243 Å². The van der Waals surface area contributed by atoms with Crippen molar-refractivity contribution in [1.82, 2.24) is 18.5 Å². The van der Waals surface area contributed by atoms with Crippen molar-refractivity contribution < 1.29 is 407 Å². The fourth-order valence-corrected chi connectivity index (χ4v) is 5.25. The van der Waals surface area contributed by atoms with Crippen LogP contribution in [0.1, 0.15) is 73.0 Å². The minimum atomic E-state index is -4.42. The van der Waals surface area contributed by atoms with Crippen LogP contribution in [0, 0.1) is 0 Å². The molecule has 0 aliphatic rings. The molecule has 0 heterocycles. The van der Waals surface area contributed by atoms with E-state index in [9.17, 15) is 58.4 Å². The number of rotatable bonds is 25. The summed E-state index contributed by atoms with van der Waals surface area (Å²) in [6.45, 7) is 13.3. The van der Waals surface area contributed by atoms with E-state index >= 15 is 0 Å². The van der Waals surface area contributed by atoms with Crippen LogP contribution in [-0.2, 0) is 40.8 Å². The Hall–Kier alpha value is 8.72. The number of nitrogens with two attached hydrogens (primary N) is 3. The molecular formula is C36H106K3N6Na3O33P8-8. The maximum Gasteiger partial charge on any atom is 1.00 e. The first kappa shape index (κ1) is 151. The second-order valence-corrected chi connectivity index (χ2v) is 25.7. The van der Waals surface area contributed by atoms with E-state index < -0.39 is 117 Å². The molecule has 0 rings (SSSR count). The summed E-state index contributed by atoms with van der Waals surface area (Å²) >= 11 is 0. The van der Waals surface area contributed by atoms with Gasteiger partial charge in [-0.1, -0.05) is 32.1 Å². The van der Waals surface area contributed by atoms with E-state index in [0.717, 1.165) is 0 Å². The summed E-state index contributed by atoms with van der Waals surface area (Å²) in [7, 11) is -29.1. The second-order valence-electron chi connectivity index (χ2n) is 13.9. The first-order valence-electron chi connectivity index (χ1n) is 22.1. The minimum Gasteiger partial charge on any atom is -1.00 e. The van der Waals surface area contributed by atoms with Crippen molar-refractivity contribution in [3.8, 4) is 0 Å². The van der Waals surface area contributed by atoms with Gasteiger partial charge in [-0.05, 0) is 61.8 Å². The molecule has 0 fully saturated rings. The van der Waals surface area contributed by atoms with Gasteiger partial charge in [0.15, 0.2) is 0 Å². The number of hydrogen-bond donors (Lipinski definition) is 19. The Labute approximate surface area is 726 Å². The maximum atomic E-state index is 10.0.